The lowest BCUT2D eigenvalue weighted by atomic mass is 10.2. The van der Waals surface area contributed by atoms with Gasteiger partial charge in [-0.3, -0.25) is 0 Å². The van der Waals surface area contributed by atoms with Crippen LogP contribution in [0.4, 0.5) is 8.78 Å². The van der Waals surface area contributed by atoms with Crippen molar-refractivity contribution in [3.05, 3.63) is 19.1 Å². The topological polar surface area (TPSA) is 0 Å². The second-order valence-electron chi connectivity index (χ2n) is 2.42. The Morgan fingerprint density at radius 1 is 1.25 bits per heavy atom. The van der Waals surface area contributed by atoms with Crippen LogP contribution >= 0.6 is 0 Å². The summed E-state index contributed by atoms with van der Waals surface area (Å²) in [4.78, 5) is 0. The van der Waals surface area contributed by atoms with Gasteiger partial charge in [0.1, 0.15) is 0 Å². The van der Waals surface area contributed by atoms with E-state index in [0.29, 0.717) is 12.5 Å². The molecule has 0 unspecified atom stereocenters. The molecular weight excluding hydrogens is 158 g/mol. The Morgan fingerprint density at radius 2 is 2.00 bits per heavy atom. The summed E-state index contributed by atoms with van der Waals surface area (Å²) in [6.45, 7) is 3.70. The minimum Gasteiger partial charge on any atom is -0.173 e. The first kappa shape index (κ1) is 11.2. The van der Waals surface area contributed by atoms with E-state index < -0.39 is 6.08 Å². The fraction of sp³-hybridized carbons (Fsp3) is 0.500. The molecule has 2 heteroatoms. The second kappa shape index (κ2) is 8.26. The van der Waals surface area contributed by atoms with Crippen molar-refractivity contribution in [1.29, 1.82) is 0 Å². The van der Waals surface area contributed by atoms with Crippen molar-refractivity contribution < 1.29 is 8.78 Å². The molecular formula is C10H13F2. The van der Waals surface area contributed by atoms with E-state index in [1.165, 1.54) is 0 Å². The first-order valence-electron chi connectivity index (χ1n) is 4.06. The van der Waals surface area contributed by atoms with Crippen molar-refractivity contribution in [1.82, 2.24) is 0 Å². The fourth-order valence-electron chi connectivity index (χ4n) is 0.745. The zero-order valence-corrected chi connectivity index (χ0v) is 7.08. The minimum absolute atomic E-state index is 0.640. The quantitative estimate of drug-likeness (QED) is 0.448. The number of allylic oxidation sites excluding steroid dienone is 1. The molecule has 0 rings (SSSR count). The van der Waals surface area contributed by atoms with Crippen LogP contribution in [0.15, 0.2) is 12.2 Å². The number of unbranched alkanes of at least 4 members (excludes halogenated alkanes) is 4. The number of hydrogen-bond donors (Lipinski definition) is 0. The van der Waals surface area contributed by atoms with E-state index >= 15 is 0 Å². The summed E-state index contributed by atoms with van der Waals surface area (Å²) >= 11 is 0. The van der Waals surface area contributed by atoms with Gasteiger partial charge < -0.3 is 0 Å². The molecule has 0 aliphatic carbocycles. The lowest BCUT2D eigenvalue weighted by Crippen LogP contribution is -1.73. The first-order valence-corrected chi connectivity index (χ1v) is 4.06. The SMILES string of the molecule is [CH2]CCCCCC#CC=C(F)F. The van der Waals surface area contributed by atoms with E-state index in [4.69, 9.17) is 0 Å². The summed E-state index contributed by atoms with van der Waals surface area (Å²) in [7, 11) is 0. The van der Waals surface area contributed by atoms with Crippen LogP contribution < -0.4 is 0 Å². The average Bonchev–Trinajstić information content (AvgIpc) is 2.02. The van der Waals surface area contributed by atoms with Gasteiger partial charge in [-0.2, -0.15) is 8.78 Å². The molecule has 0 amide bonds. The van der Waals surface area contributed by atoms with Gasteiger partial charge in [-0.25, -0.2) is 0 Å². The normalized spacial score (nSPS) is 8.58. The van der Waals surface area contributed by atoms with Gasteiger partial charge in [-0.1, -0.05) is 38.0 Å². The molecule has 1 radical (unpaired) electrons. The Bertz CT molecular complexity index is 180. The molecule has 67 valence electrons. The third-order valence-electron chi connectivity index (χ3n) is 1.34. The Morgan fingerprint density at radius 3 is 2.58 bits per heavy atom. The van der Waals surface area contributed by atoms with Gasteiger partial charge in [0.05, 0.1) is 6.08 Å². The van der Waals surface area contributed by atoms with Gasteiger partial charge in [0, 0.05) is 6.42 Å². The minimum atomic E-state index is -1.72. The van der Waals surface area contributed by atoms with Crippen LogP contribution in [-0.4, -0.2) is 0 Å². The van der Waals surface area contributed by atoms with Crippen molar-refractivity contribution in [3.8, 4) is 11.8 Å². The van der Waals surface area contributed by atoms with Gasteiger partial charge in [0.15, 0.2) is 0 Å². The summed E-state index contributed by atoms with van der Waals surface area (Å²) in [5, 5.41) is 0. The smallest absolute Gasteiger partial charge is 0.173 e. The summed E-state index contributed by atoms with van der Waals surface area (Å²) in [5.74, 6) is 4.93. The largest absolute Gasteiger partial charge is 0.278 e. The lowest BCUT2D eigenvalue weighted by molar-refractivity contribution is 0.422. The highest BCUT2D eigenvalue weighted by Gasteiger charge is 1.84. The van der Waals surface area contributed by atoms with E-state index in [0.717, 1.165) is 25.7 Å². The molecule has 0 heterocycles. The Balaban J connectivity index is 3.28. The van der Waals surface area contributed by atoms with E-state index in [1.54, 1.807) is 0 Å². The molecule has 12 heavy (non-hydrogen) atoms. The molecule has 0 nitrogen and oxygen atoms in total. The lowest BCUT2D eigenvalue weighted by Gasteiger charge is -1.90. The second-order valence-corrected chi connectivity index (χ2v) is 2.42. The molecule has 0 aromatic carbocycles. The highest BCUT2D eigenvalue weighted by atomic mass is 19.3. The van der Waals surface area contributed by atoms with Gasteiger partial charge in [-0.15, -0.1) is 0 Å². The molecule has 0 spiro atoms. The van der Waals surface area contributed by atoms with Crippen molar-refractivity contribution in [3.63, 3.8) is 0 Å². The van der Waals surface area contributed by atoms with E-state index in [2.05, 4.69) is 18.8 Å². The first-order chi connectivity index (χ1) is 5.77. The monoisotopic (exact) mass is 171 g/mol. The van der Waals surface area contributed by atoms with Crippen molar-refractivity contribution >= 4 is 0 Å². The van der Waals surface area contributed by atoms with Crippen LogP contribution in [0.25, 0.3) is 0 Å². The fourth-order valence-corrected chi connectivity index (χ4v) is 0.745. The van der Waals surface area contributed by atoms with E-state index in [-0.39, 0.29) is 0 Å². The molecule has 0 aromatic heterocycles. The summed E-state index contributed by atoms with van der Waals surface area (Å²) in [6.07, 6.45) is 3.71. The Labute approximate surface area is 72.7 Å². The maximum atomic E-state index is 11.4. The zero-order valence-electron chi connectivity index (χ0n) is 7.08. The molecule has 0 bridgehead atoms. The highest BCUT2D eigenvalue weighted by Crippen LogP contribution is 2.01. The van der Waals surface area contributed by atoms with E-state index in [1.807, 2.05) is 0 Å². The predicted molar refractivity (Wildman–Crippen MR) is 46.5 cm³/mol. The van der Waals surface area contributed by atoms with Crippen molar-refractivity contribution in [2.45, 2.75) is 32.1 Å². The van der Waals surface area contributed by atoms with Crippen LogP contribution in [0.5, 0.6) is 0 Å². The number of halogens is 2. The Kier molecular flexibility index (Phi) is 7.68. The van der Waals surface area contributed by atoms with Crippen LogP contribution in [0.2, 0.25) is 0 Å². The molecule has 0 saturated heterocycles. The third kappa shape index (κ3) is 9.16. The van der Waals surface area contributed by atoms with Gasteiger partial charge in [0.25, 0.3) is 6.08 Å². The molecule has 0 aromatic rings. The van der Waals surface area contributed by atoms with Crippen molar-refractivity contribution in [2.75, 3.05) is 0 Å². The summed E-state index contributed by atoms with van der Waals surface area (Å²) < 4.78 is 22.8. The third-order valence-corrected chi connectivity index (χ3v) is 1.34. The molecule has 0 aliphatic rings. The molecule has 0 N–H and O–H groups in total. The van der Waals surface area contributed by atoms with Crippen LogP contribution in [0.3, 0.4) is 0 Å². The Hall–Kier alpha value is -0.840. The van der Waals surface area contributed by atoms with E-state index in [9.17, 15) is 8.78 Å². The maximum Gasteiger partial charge on any atom is 0.278 e. The number of hydrogen-bond acceptors (Lipinski definition) is 0. The zero-order chi connectivity index (χ0) is 9.23. The van der Waals surface area contributed by atoms with Crippen LogP contribution in [0, 0.1) is 18.8 Å². The van der Waals surface area contributed by atoms with Gasteiger partial charge >= 0.3 is 0 Å². The molecule has 0 fully saturated rings. The standard InChI is InChI=1S/C10H13F2/c1-2-3-4-5-6-7-8-9-10(11)12/h9H,1-6H2. The van der Waals surface area contributed by atoms with Crippen molar-refractivity contribution in [2.24, 2.45) is 0 Å². The van der Waals surface area contributed by atoms with Crippen LogP contribution in [0.1, 0.15) is 32.1 Å². The highest BCUT2D eigenvalue weighted by molar-refractivity contribution is 5.15. The maximum absolute atomic E-state index is 11.4. The summed E-state index contributed by atoms with van der Waals surface area (Å²) in [6, 6.07) is 0. The molecule has 0 aliphatic heterocycles. The molecule has 0 atom stereocenters. The number of rotatable bonds is 4. The van der Waals surface area contributed by atoms with Gasteiger partial charge in [-0.05, 0) is 6.42 Å². The molecule has 0 saturated carbocycles. The summed E-state index contributed by atoms with van der Waals surface area (Å²) in [5.41, 5.74) is 0. The van der Waals surface area contributed by atoms with Gasteiger partial charge in [0.2, 0.25) is 0 Å². The average molecular weight is 171 g/mol. The predicted octanol–water partition coefficient (Wildman–Crippen LogP) is 3.55. The van der Waals surface area contributed by atoms with Crippen LogP contribution in [-0.2, 0) is 0 Å².